The fourth-order valence-electron chi connectivity index (χ4n) is 3.14. The largest absolute Gasteiger partial charge is 0.461 e. The number of nitrogens with zero attached hydrogens (tertiary/aromatic N) is 4. The molecule has 7 nitrogen and oxygen atoms in total. The molecule has 1 fully saturated rings. The molecular weight excluding hydrogens is 368 g/mol. The Labute approximate surface area is 161 Å². The molecule has 0 amide bonds. The minimum atomic E-state index is -2.61. The van der Waals surface area contributed by atoms with Crippen molar-refractivity contribution in [1.82, 2.24) is 14.8 Å². The molecule has 1 N–H and O–H groups in total. The summed E-state index contributed by atoms with van der Waals surface area (Å²) in [6, 6.07) is 5.04. The second-order valence-electron chi connectivity index (χ2n) is 6.81. The molecule has 0 aromatic carbocycles. The van der Waals surface area contributed by atoms with Gasteiger partial charge in [-0.3, -0.25) is 0 Å². The average molecular weight is 389 g/mol. The minimum absolute atomic E-state index is 0.136. The first-order valence-corrected chi connectivity index (χ1v) is 9.11. The van der Waals surface area contributed by atoms with Crippen LogP contribution in [0.2, 0.25) is 0 Å². The van der Waals surface area contributed by atoms with Crippen LogP contribution in [0.1, 0.15) is 54.2 Å². The predicted molar refractivity (Wildman–Crippen MR) is 97.6 cm³/mol. The predicted octanol–water partition coefficient (Wildman–Crippen LogP) is 3.61. The first-order chi connectivity index (χ1) is 13.3. The molecule has 0 spiro atoms. The van der Waals surface area contributed by atoms with Crippen molar-refractivity contribution in [3.05, 3.63) is 35.2 Å². The van der Waals surface area contributed by atoms with Gasteiger partial charge in [0.25, 0.3) is 0 Å². The molecule has 0 saturated heterocycles. The van der Waals surface area contributed by atoms with E-state index in [9.17, 15) is 18.8 Å². The van der Waals surface area contributed by atoms with Crippen molar-refractivity contribution < 1.29 is 18.3 Å². The van der Waals surface area contributed by atoms with E-state index in [1.54, 1.807) is 32.2 Å². The van der Waals surface area contributed by atoms with Gasteiger partial charge >= 0.3 is 5.97 Å². The van der Waals surface area contributed by atoms with Crippen molar-refractivity contribution >= 4 is 11.8 Å². The standard InChI is InChI=1S/C19H21F2N5O2/c1-3-28-18(27)17-12(2)11-26(25-17)16-9-13(10-22)8-15(24-16)23-14-4-6-19(20,21)7-5-14/h8-9,11,14H,3-7H2,1-2H3,(H,23,24). The maximum absolute atomic E-state index is 13.3. The molecule has 2 aromatic heterocycles. The number of carbonyl (C=O) groups excluding carboxylic acids is 1. The molecule has 3 rings (SSSR count). The van der Waals surface area contributed by atoms with Gasteiger partial charge in [0, 0.05) is 36.7 Å². The highest BCUT2D eigenvalue weighted by atomic mass is 19.3. The van der Waals surface area contributed by atoms with E-state index in [4.69, 9.17) is 4.74 Å². The lowest BCUT2D eigenvalue weighted by atomic mass is 9.92. The molecule has 28 heavy (non-hydrogen) atoms. The van der Waals surface area contributed by atoms with E-state index in [-0.39, 0.29) is 31.2 Å². The summed E-state index contributed by atoms with van der Waals surface area (Å²) in [5.41, 5.74) is 1.14. The SMILES string of the molecule is CCOC(=O)c1nn(-c2cc(C#N)cc(NC3CCC(F)(F)CC3)n2)cc1C. The Hall–Kier alpha value is -3.02. The quantitative estimate of drug-likeness (QED) is 0.785. The number of alkyl halides is 2. The highest BCUT2D eigenvalue weighted by Gasteiger charge is 2.35. The monoisotopic (exact) mass is 389 g/mol. The fourth-order valence-corrected chi connectivity index (χ4v) is 3.14. The van der Waals surface area contributed by atoms with Crippen LogP contribution in [0.4, 0.5) is 14.6 Å². The second kappa shape index (κ2) is 7.92. The van der Waals surface area contributed by atoms with E-state index in [1.807, 2.05) is 0 Å². The van der Waals surface area contributed by atoms with Gasteiger partial charge in [0.05, 0.1) is 18.2 Å². The Morgan fingerprint density at radius 1 is 1.43 bits per heavy atom. The minimum Gasteiger partial charge on any atom is -0.461 e. The van der Waals surface area contributed by atoms with Crippen LogP contribution >= 0.6 is 0 Å². The molecule has 0 atom stereocenters. The number of hydrogen-bond acceptors (Lipinski definition) is 6. The van der Waals surface area contributed by atoms with E-state index >= 15 is 0 Å². The molecule has 1 aliphatic carbocycles. The van der Waals surface area contributed by atoms with Crippen molar-refractivity contribution in [1.29, 1.82) is 5.26 Å². The van der Waals surface area contributed by atoms with Gasteiger partial charge in [0.1, 0.15) is 5.82 Å². The van der Waals surface area contributed by atoms with Crippen LogP contribution in [-0.4, -0.2) is 39.3 Å². The number of nitriles is 1. The summed E-state index contributed by atoms with van der Waals surface area (Å²) >= 11 is 0. The normalized spacial score (nSPS) is 16.4. The molecule has 1 aliphatic rings. The lowest BCUT2D eigenvalue weighted by Crippen LogP contribution is -2.32. The molecule has 9 heteroatoms. The zero-order valence-corrected chi connectivity index (χ0v) is 15.7. The van der Waals surface area contributed by atoms with Gasteiger partial charge in [-0.2, -0.15) is 10.4 Å². The number of hydrogen-bond donors (Lipinski definition) is 1. The van der Waals surface area contributed by atoms with Crippen LogP contribution in [0.3, 0.4) is 0 Å². The Bertz CT molecular complexity index is 910. The Morgan fingerprint density at radius 2 is 2.14 bits per heavy atom. The number of rotatable bonds is 5. The zero-order chi connectivity index (χ0) is 20.3. The first kappa shape index (κ1) is 19.7. The zero-order valence-electron chi connectivity index (χ0n) is 15.7. The number of anilines is 1. The number of aromatic nitrogens is 3. The Balaban J connectivity index is 1.85. The molecule has 0 unspecified atom stereocenters. The van der Waals surface area contributed by atoms with Crippen LogP contribution in [-0.2, 0) is 4.74 Å². The molecule has 2 aromatic rings. The Morgan fingerprint density at radius 3 is 2.79 bits per heavy atom. The first-order valence-electron chi connectivity index (χ1n) is 9.11. The molecule has 1 saturated carbocycles. The van der Waals surface area contributed by atoms with Gasteiger partial charge in [0.15, 0.2) is 11.5 Å². The van der Waals surface area contributed by atoms with Gasteiger partial charge in [-0.05, 0) is 32.8 Å². The van der Waals surface area contributed by atoms with E-state index in [2.05, 4.69) is 21.5 Å². The van der Waals surface area contributed by atoms with E-state index in [0.717, 1.165) is 0 Å². The van der Waals surface area contributed by atoms with Crippen molar-refractivity contribution in [3.63, 3.8) is 0 Å². The number of aryl methyl sites for hydroxylation is 1. The summed E-state index contributed by atoms with van der Waals surface area (Å²) < 4.78 is 33.1. The van der Waals surface area contributed by atoms with Crippen molar-refractivity contribution in [3.8, 4) is 11.9 Å². The number of esters is 1. The smallest absolute Gasteiger partial charge is 0.359 e. The van der Waals surface area contributed by atoms with Crippen LogP contribution in [0, 0.1) is 18.3 Å². The molecule has 0 aliphatic heterocycles. The molecule has 0 bridgehead atoms. The molecule has 148 valence electrons. The van der Waals surface area contributed by atoms with Gasteiger partial charge in [0.2, 0.25) is 5.92 Å². The van der Waals surface area contributed by atoms with Crippen LogP contribution in [0.25, 0.3) is 5.82 Å². The third kappa shape index (κ3) is 4.44. The van der Waals surface area contributed by atoms with Gasteiger partial charge in [-0.1, -0.05) is 0 Å². The lowest BCUT2D eigenvalue weighted by Gasteiger charge is -2.29. The van der Waals surface area contributed by atoms with Gasteiger partial charge in [-0.25, -0.2) is 23.2 Å². The number of pyridine rings is 1. The molecular formula is C19H21F2N5O2. The maximum atomic E-state index is 13.3. The summed E-state index contributed by atoms with van der Waals surface area (Å²) in [6.07, 6.45) is 1.94. The molecule has 0 radical (unpaired) electrons. The van der Waals surface area contributed by atoms with Crippen molar-refractivity contribution in [2.24, 2.45) is 0 Å². The third-order valence-corrected chi connectivity index (χ3v) is 4.61. The number of ether oxygens (including phenoxy) is 1. The van der Waals surface area contributed by atoms with Gasteiger partial charge < -0.3 is 10.1 Å². The number of halogens is 2. The summed E-state index contributed by atoms with van der Waals surface area (Å²) in [5.74, 6) is -2.38. The van der Waals surface area contributed by atoms with E-state index < -0.39 is 11.9 Å². The van der Waals surface area contributed by atoms with Crippen LogP contribution in [0.15, 0.2) is 18.3 Å². The molecule has 2 heterocycles. The van der Waals surface area contributed by atoms with Crippen molar-refractivity contribution in [2.75, 3.05) is 11.9 Å². The summed E-state index contributed by atoms with van der Waals surface area (Å²) in [6.45, 7) is 3.67. The Kier molecular flexibility index (Phi) is 5.58. The van der Waals surface area contributed by atoms with Crippen LogP contribution in [0.5, 0.6) is 0 Å². The summed E-state index contributed by atoms with van der Waals surface area (Å²) in [4.78, 5) is 16.4. The fraction of sp³-hybridized carbons (Fsp3) is 0.474. The van der Waals surface area contributed by atoms with E-state index in [0.29, 0.717) is 35.6 Å². The van der Waals surface area contributed by atoms with Gasteiger partial charge in [-0.15, -0.1) is 0 Å². The highest BCUT2D eigenvalue weighted by Crippen LogP contribution is 2.34. The number of nitrogens with one attached hydrogen (secondary N) is 1. The van der Waals surface area contributed by atoms with Crippen LogP contribution < -0.4 is 5.32 Å². The lowest BCUT2D eigenvalue weighted by molar-refractivity contribution is -0.0361. The average Bonchev–Trinajstić information content (AvgIpc) is 3.05. The number of carbonyl (C=O) groups is 1. The van der Waals surface area contributed by atoms with E-state index in [1.165, 1.54) is 4.68 Å². The maximum Gasteiger partial charge on any atom is 0.359 e. The van der Waals surface area contributed by atoms with Crippen molar-refractivity contribution in [2.45, 2.75) is 51.5 Å². The topological polar surface area (TPSA) is 92.8 Å². The third-order valence-electron chi connectivity index (χ3n) is 4.61. The highest BCUT2D eigenvalue weighted by molar-refractivity contribution is 5.88. The summed E-state index contributed by atoms with van der Waals surface area (Å²) in [7, 11) is 0. The summed E-state index contributed by atoms with van der Waals surface area (Å²) in [5, 5.41) is 16.7. The second-order valence-corrected chi connectivity index (χ2v) is 6.81.